The average Bonchev–Trinajstić information content (AvgIpc) is 2.09. The number of nitrogens with two attached hydrogens (primary N) is 1. The van der Waals surface area contributed by atoms with Crippen molar-refractivity contribution in [2.75, 3.05) is 7.05 Å². The Morgan fingerprint density at radius 1 is 1.75 bits per heavy atom. The summed E-state index contributed by atoms with van der Waals surface area (Å²) in [7, 11) is 1.72. The molecule has 0 aromatic heterocycles. The smallest absolute Gasteiger partial charge is 0.272 e. The fraction of sp³-hybridized carbons (Fsp3) is 0.500. The molecule has 0 saturated carbocycles. The maximum absolute atomic E-state index is 8.71. The van der Waals surface area contributed by atoms with Gasteiger partial charge in [0.25, 0.3) is 6.71 Å². The molecule has 0 radical (unpaired) electrons. The summed E-state index contributed by atoms with van der Waals surface area (Å²) < 4.78 is 0. The van der Waals surface area contributed by atoms with E-state index >= 15 is 0 Å². The minimum atomic E-state index is 0.130. The monoisotopic (exact) mass is 161 g/mol. The van der Waals surface area contributed by atoms with Gasteiger partial charge < -0.3 is 5.73 Å². The van der Waals surface area contributed by atoms with Crippen LogP contribution in [-0.4, -0.2) is 20.0 Å². The topological polar surface area (TPSA) is 62.2 Å². The molecule has 0 spiro atoms. The molecular weight excluding hydrogens is 149 g/mol. The normalized spacial score (nSPS) is 18.5. The molecule has 0 fully saturated rings. The van der Waals surface area contributed by atoms with Gasteiger partial charge in [0.05, 0.1) is 0 Å². The summed E-state index contributed by atoms with van der Waals surface area (Å²) in [4.78, 5) is 3.91. The first-order valence-electron chi connectivity index (χ1n) is 4.07. The van der Waals surface area contributed by atoms with Gasteiger partial charge in [0.1, 0.15) is 0 Å². The van der Waals surface area contributed by atoms with Crippen molar-refractivity contribution in [3.63, 3.8) is 0 Å². The van der Waals surface area contributed by atoms with Gasteiger partial charge in [-0.25, -0.2) is 5.26 Å². The van der Waals surface area contributed by atoms with E-state index in [1.165, 1.54) is 0 Å². The quantitative estimate of drug-likeness (QED) is 0.457. The molecule has 1 aliphatic rings. The molecule has 0 aromatic rings. The van der Waals surface area contributed by atoms with Gasteiger partial charge in [0.2, 0.25) is 0 Å². The van der Waals surface area contributed by atoms with Crippen LogP contribution in [0.4, 0.5) is 0 Å². The second-order valence-corrected chi connectivity index (χ2v) is 3.01. The third-order valence-corrected chi connectivity index (χ3v) is 2.11. The highest BCUT2D eigenvalue weighted by atomic mass is 14.7. The molecule has 1 aliphatic heterocycles. The minimum absolute atomic E-state index is 0.130. The molecule has 0 unspecified atom stereocenters. The van der Waals surface area contributed by atoms with Crippen LogP contribution in [0.1, 0.15) is 6.42 Å². The molecule has 0 aromatic carbocycles. The van der Waals surface area contributed by atoms with Crippen LogP contribution in [0, 0.1) is 11.2 Å². The summed E-state index contributed by atoms with van der Waals surface area (Å²) in [6.45, 7) is 0.130. The van der Waals surface area contributed by atoms with Crippen molar-refractivity contribution in [3.05, 3.63) is 11.3 Å². The fourth-order valence-electron chi connectivity index (χ4n) is 1.39. The highest BCUT2D eigenvalue weighted by molar-refractivity contribution is 6.68. The van der Waals surface area contributed by atoms with Gasteiger partial charge >= 0.3 is 0 Å². The Hall–Kier alpha value is -1.24. The Morgan fingerprint density at radius 2 is 2.50 bits per heavy atom. The summed E-state index contributed by atoms with van der Waals surface area (Å²) in [5.41, 5.74) is 7.69. The highest BCUT2D eigenvalue weighted by Crippen LogP contribution is 2.21. The lowest BCUT2D eigenvalue weighted by Crippen LogP contribution is -2.20. The van der Waals surface area contributed by atoms with Crippen LogP contribution < -0.4 is 5.73 Å². The number of nitriles is 1. The molecule has 0 saturated heterocycles. The molecule has 0 aliphatic carbocycles. The highest BCUT2D eigenvalue weighted by Gasteiger charge is 2.21. The second-order valence-electron chi connectivity index (χ2n) is 3.01. The Labute approximate surface area is 73.0 Å². The lowest BCUT2D eigenvalue weighted by atomic mass is 9.43. The van der Waals surface area contributed by atoms with Crippen LogP contribution in [-0.2, 0) is 0 Å². The Morgan fingerprint density at radius 3 is 3.08 bits per heavy atom. The maximum Gasteiger partial charge on any atom is 0.272 e. The molecule has 12 heavy (non-hydrogen) atoms. The summed E-state index contributed by atoms with van der Waals surface area (Å²) in [6.07, 6.45) is 4.25. The van der Waals surface area contributed by atoms with Crippen molar-refractivity contribution in [1.29, 1.82) is 5.26 Å². The van der Waals surface area contributed by atoms with Crippen LogP contribution >= 0.6 is 0 Å². The van der Waals surface area contributed by atoms with Gasteiger partial charge in [-0.05, 0) is 18.3 Å². The fourth-order valence-corrected chi connectivity index (χ4v) is 1.39. The lowest BCUT2D eigenvalue weighted by molar-refractivity contribution is 1.00. The minimum Gasteiger partial charge on any atom is -0.402 e. The zero-order chi connectivity index (χ0) is 8.97. The first-order chi connectivity index (χ1) is 5.77. The SMILES string of the molecule is CN=CC1=C(N)CCB(C#N)C1. The van der Waals surface area contributed by atoms with Gasteiger partial charge in [0.15, 0.2) is 0 Å². The zero-order valence-corrected chi connectivity index (χ0v) is 7.25. The predicted molar refractivity (Wildman–Crippen MR) is 51.2 cm³/mol. The summed E-state index contributed by atoms with van der Waals surface area (Å²) in [5, 5.41) is 8.71. The largest absolute Gasteiger partial charge is 0.402 e. The van der Waals surface area contributed by atoms with Gasteiger partial charge in [-0.1, -0.05) is 6.32 Å². The Balaban J connectivity index is 2.75. The molecule has 4 heteroatoms. The van der Waals surface area contributed by atoms with E-state index in [0.717, 1.165) is 30.3 Å². The third kappa shape index (κ3) is 1.88. The van der Waals surface area contributed by atoms with Gasteiger partial charge in [0, 0.05) is 24.9 Å². The summed E-state index contributed by atoms with van der Waals surface area (Å²) in [5.74, 6) is 2.26. The molecule has 0 bridgehead atoms. The zero-order valence-electron chi connectivity index (χ0n) is 7.25. The standard InChI is InChI=1S/C8H12BN3/c1-12-5-7-4-9(6-10)3-2-8(7)11/h5H,2-4,11H2,1H3. The second kappa shape index (κ2) is 3.96. The van der Waals surface area contributed by atoms with Crippen LogP contribution in [0.15, 0.2) is 16.3 Å². The van der Waals surface area contributed by atoms with E-state index in [-0.39, 0.29) is 6.71 Å². The van der Waals surface area contributed by atoms with Crippen LogP contribution in [0.3, 0.4) is 0 Å². The van der Waals surface area contributed by atoms with Gasteiger partial charge in [-0.2, -0.15) is 0 Å². The molecule has 1 rings (SSSR count). The van der Waals surface area contributed by atoms with Crippen molar-refractivity contribution in [2.24, 2.45) is 10.7 Å². The molecule has 3 nitrogen and oxygen atoms in total. The predicted octanol–water partition coefficient (Wildman–Crippen LogP) is 0.861. The lowest BCUT2D eigenvalue weighted by Gasteiger charge is -2.15. The molecule has 0 atom stereocenters. The van der Waals surface area contributed by atoms with E-state index in [1.54, 1.807) is 13.3 Å². The number of hydrogen-bond donors (Lipinski definition) is 1. The third-order valence-electron chi connectivity index (χ3n) is 2.11. The van der Waals surface area contributed by atoms with E-state index < -0.39 is 0 Å². The van der Waals surface area contributed by atoms with Crippen molar-refractivity contribution in [2.45, 2.75) is 19.1 Å². The van der Waals surface area contributed by atoms with Crippen molar-refractivity contribution in [3.8, 4) is 5.97 Å². The molecule has 0 amide bonds. The molecule has 1 heterocycles. The number of nitrogens with zero attached hydrogens (tertiary/aromatic N) is 2. The molecular formula is C8H12BN3. The first-order valence-corrected chi connectivity index (χ1v) is 4.07. The number of hydrogen-bond acceptors (Lipinski definition) is 3. The number of aliphatic imine (C=N–C) groups is 1. The number of rotatable bonds is 1. The van der Waals surface area contributed by atoms with E-state index in [1.807, 2.05) is 0 Å². The van der Waals surface area contributed by atoms with Crippen LogP contribution in [0.25, 0.3) is 0 Å². The Bertz CT molecular complexity index is 262. The number of allylic oxidation sites excluding steroid dienone is 2. The van der Waals surface area contributed by atoms with E-state index in [2.05, 4.69) is 11.0 Å². The van der Waals surface area contributed by atoms with Crippen molar-refractivity contribution in [1.82, 2.24) is 0 Å². The first kappa shape index (κ1) is 8.86. The summed E-state index contributed by atoms with van der Waals surface area (Å²) >= 11 is 0. The van der Waals surface area contributed by atoms with Gasteiger partial charge in [-0.3, -0.25) is 4.99 Å². The van der Waals surface area contributed by atoms with Crippen molar-refractivity contribution >= 4 is 12.9 Å². The Kier molecular flexibility index (Phi) is 2.92. The van der Waals surface area contributed by atoms with Crippen LogP contribution in [0.2, 0.25) is 12.6 Å². The van der Waals surface area contributed by atoms with Crippen LogP contribution in [0.5, 0.6) is 0 Å². The summed E-state index contributed by atoms with van der Waals surface area (Å²) in [6, 6.07) is 0. The van der Waals surface area contributed by atoms with E-state index in [0.29, 0.717) is 0 Å². The molecule has 62 valence electrons. The average molecular weight is 161 g/mol. The van der Waals surface area contributed by atoms with E-state index in [4.69, 9.17) is 11.0 Å². The van der Waals surface area contributed by atoms with Gasteiger partial charge in [-0.15, -0.1) is 0 Å². The van der Waals surface area contributed by atoms with E-state index in [9.17, 15) is 0 Å². The maximum atomic E-state index is 8.71. The van der Waals surface area contributed by atoms with Crippen molar-refractivity contribution < 1.29 is 0 Å². The molecule has 2 N–H and O–H groups in total.